The fraction of sp³-hybridized carbons (Fsp3) is 0.500. The molecule has 0 aromatic heterocycles. The van der Waals surface area contributed by atoms with Crippen molar-refractivity contribution in [3.63, 3.8) is 0 Å². The third-order valence-electron chi connectivity index (χ3n) is 3.17. The number of aromatic hydroxyl groups is 1. The van der Waals surface area contributed by atoms with Crippen LogP contribution in [0.2, 0.25) is 0 Å². The Labute approximate surface area is 97.2 Å². The van der Waals surface area contributed by atoms with Gasteiger partial charge in [0.2, 0.25) is 0 Å². The lowest BCUT2D eigenvalue weighted by Crippen LogP contribution is -2.31. The highest BCUT2D eigenvalue weighted by molar-refractivity contribution is 5.31. The first-order chi connectivity index (χ1) is 7.80. The van der Waals surface area contributed by atoms with Crippen LogP contribution >= 0.6 is 0 Å². The van der Waals surface area contributed by atoms with Crippen LogP contribution in [0.1, 0.15) is 30.7 Å². The number of nitrogens with two attached hydrogens (primary N) is 1. The Morgan fingerprint density at radius 1 is 1.35 bits per heavy atom. The zero-order valence-corrected chi connectivity index (χ0v) is 9.17. The maximum absolute atomic E-state index is 13.0. The van der Waals surface area contributed by atoms with E-state index in [1.165, 1.54) is 18.2 Å². The molecule has 1 aliphatic rings. The lowest BCUT2D eigenvalue weighted by atomic mass is 9.90. The summed E-state index contributed by atoms with van der Waals surface area (Å²) in [6.45, 7) is 0. The molecule has 3 N–H and O–H groups in total. The number of hydrogen-bond donors (Lipinski definition) is 2. The minimum atomic E-state index is -4.33. The highest BCUT2D eigenvalue weighted by Gasteiger charge is 2.49. The molecule has 0 radical (unpaired) electrons. The molecule has 2 rings (SSSR count). The Balaban J connectivity index is 2.26. The van der Waals surface area contributed by atoms with Crippen LogP contribution in [0.25, 0.3) is 0 Å². The van der Waals surface area contributed by atoms with Crippen LogP contribution in [0, 0.1) is 0 Å². The number of halogens is 3. The Bertz CT molecular complexity index is 412. The summed E-state index contributed by atoms with van der Waals surface area (Å²) in [5, 5.41) is 9.24. The van der Waals surface area contributed by atoms with E-state index in [0.717, 1.165) is 6.07 Å². The van der Waals surface area contributed by atoms with Crippen LogP contribution in [-0.4, -0.2) is 16.8 Å². The average Bonchev–Trinajstić information content (AvgIpc) is 2.92. The topological polar surface area (TPSA) is 46.2 Å². The Hall–Kier alpha value is -1.23. The third kappa shape index (κ3) is 2.91. The lowest BCUT2D eigenvalue weighted by Gasteiger charge is -2.23. The molecular formula is C12H14F3NO. The quantitative estimate of drug-likeness (QED) is 0.860. The first-order valence-electron chi connectivity index (χ1n) is 5.45. The van der Waals surface area contributed by atoms with Gasteiger partial charge < -0.3 is 10.8 Å². The van der Waals surface area contributed by atoms with Crippen molar-refractivity contribution in [2.45, 2.75) is 36.9 Å². The van der Waals surface area contributed by atoms with Gasteiger partial charge in [0, 0.05) is 5.54 Å². The molecule has 0 aliphatic heterocycles. The van der Waals surface area contributed by atoms with Crippen molar-refractivity contribution in [1.82, 2.24) is 0 Å². The monoisotopic (exact) mass is 245 g/mol. The molecular weight excluding hydrogens is 231 g/mol. The molecule has 1 aromatic rings. The van der Waals surface area contributed by atoms with Crippen molar-refractivity contribution in [3.05, 3.63) is 29.8 Å². The molecule has 0 spiro atoms. The van der Waals surface area contributed by atoms with Crippen molar-refractivity contribution in [2.75, 3.05) is 0 Å². The summed E-state index contributed by atoms with van der Waals surface area (Å²) in [6.07, 6.45) is -3.17. The SMILES string of the molecule is NC1(CC(c2cccc(O)c2)C(F)(F)F)CC1. The molecule has 0 heterocycles. The summed E-state index contributed by atoms with van der Waals surface area (Å²) in [6, 6.07) is 5.30. The Morgan fingerprint density at radius 3 is 2.47 bits per heavy atom. The number of alkyl halides is 3. The van der Waals surface area contributed by atoms with E-state index in [1.807, 2.05) is 0 Å². The van der Waals surface area contributed by atoms with E-state index >= 15 is 0 Å². The summed E-state index contributed by atoms with van der Waals surface area (Å²) in [4.78, 5) is 0. The van der Waals surface area contributed by atoms with Gasteiger partial charge in [-0.3, -0.25) is 0 Å². The third-order valence-corrected chi connectivity index (χ3v) is 3.17. The maximum atomic E-state index is 13.0. The standard InChI is InChI=1S/C12H14F3NO/c13-12(14,15)10(7-11(16)4-5-11)8-2-1-3-9(17)6-8/h1-3,6,10,17H,4-5,7,16H2. The van der Waals surface area contributed by atoms with Gasteiger partial charge in [-0.25, -0.2) is 0 Å². The van der Waals surface area contributed by atoms with Gasteiger partial charge in [-0.2, -0.15) is 13.2 Å². The molecule has 94 valence electrons. The van der Waals surface area contributed by atoms with Crippen molar-refractivity contribution in [3.8, 4) is 5.75 Å². The van der Waals surface area contributed by atoms with Gasteiger partial charge in [0.1, 0.15) is 5.75 Å². The number of rotatable bonds is 3. The molecule has 1 fully saturated rings. The average molecular weight is 245 g/mol. The fourth-order valence-corrected chi connectivity index (χ4v) is 1.94. The first-order valence-corrected chi connectivity index (χ1v) is 5.45. The summed E-state index contributed by atoms with van der Waals surface area (Å²) < 4.78 is 38.9. The summed E-state index contributed by atoms with van der Waals surface area (Å²) >= 11 is 0. The van der Waals surface area contributed by atoms with Gasteiger partial charge in [0.15, 0.2) is 0 Å². The van der Waals surface area contributed by atoms with Crippen LogP contribution in [0.5, 0.6) is 5.75 Å². The van der Waals surface area contributed by atoms with E-state index in [-0.39, 0.29) is 17.7 Å². The van der Waals surface area contributed by atoms with E-state index in [9.17, 15) is 18.3 Å². The van der Waals surface area contributed by atoms with Crippen molar-refractivity contribution in [2.24, 2.45) is 5.73 Å². The van der Waals surface area contributed by atoms with Crippen molar-refractivity contribution < 1.29 is 18.3 Å². The van der Waals surface area contributed by atoms with Crippen LogP contribution in [0.3, 0.4) is 0 Å². The molecule has 1 aromatic carbocycles. The van der Waals surface area contributed by atoms with Gasteiger partial charge in [-0.1, -0.05) is 12.1 Å². The number of phenols is 1. The van der Waals surface area contributed by atoms with Crippen LogP contribution < -0.4 is 5.73 Å². The number of hydrogen-bond acceptors (Lipinski definition) is 2. The van der Waals surface area contributed by atoms with Crippen LogP contribution in [-0.2, 0) is 0 Å². The summed E-state index contributed by atoms with van der Waals surface area (Å²) in [5.74, 6) is -1.75. The Kier molecular flexibility index (Phi) is 2.81. The van der Waals surface area contributed by atoms with Crippen molar-refractivity contribution in [1.29, 1.82) is 0 Å². The van der Waals surface area contributed by atoms with Crippen molar-refractivity contribution >= 4 is 0 Å². The molecule has 1 unspecified atom stereocenters. The highest BCUT2D eigenvalue weighted by Crippen LogP contribution is 2.47. The van der Waals surface area contributed by atoms with E-state index in [4.69, 9.17) is 5.73 Å². The number of phenolic OH excluding ortho intramolecular Hbond substituents is 1. The maximum Gasteiger partial charge on any atom is 0.395 e. The molecule has 2 nitrogen and oxygen atoms in total. The molecule has 5 heteroatoms. The fourth-order valence-electron chi connectivity index (χ4n) is 1.94. The highest BCUT2D eigenvalue weighted by atomic mass is 19.4. The zero-order valence-electron chi connectivity index (χ0n) is 9.17. The largest absolute Gasteiger partial charge is 0.508 e. The molecule has 1 atom stereocenters. The predicted octanol–water partition coefficient (Wildman–Crippen LogP) is 2.92. The Morgan fingerprint density at radius 2 is 2.00 bits per heavy atom. The first kappa shape index (κ1) is 12.2. The minimum absolute atomic E-state index is 0.0780. The van der Waals surface area contributed by atoms with Gasteiger partial charge in [-0.15, -0.1) is 0 Å². The molecule has 1 saturated carbocycles. The van der Waals surface area contributed by atoms with E-state index in [0.29, 0.717) is 12.8 Å². The van der Waals surface area contributed by atoms with Gasteiger partial charge in [0.25, 0.3) is 0 Å². The zero-order chi connectivity index (χ0) is 12.7. The number of benzene rings is 1. The molecule has 0 amide bonds. The second-order valence-electron chi connectivity index (χ2n) is 4.76. The minimum Gasteiger partial charge on any atom is -0.508 e. The molecule has 17 heavy (non-hydrogen) atoms. The molecule has 1 aliphatic carbocycles. The van der Waals surface area contributed by atoms with Crippen LogP contribution in [0.4, 0.5) is 13.2 Å². The second kappa shape index (κ2) is 3.91. The van der Waals surface area contributed by atoms with Gasteiger partial charge in [-0.05, 0) is 37.0 Å². The van der Waals surface area contributed by atoms with E-state index < -0.39 is 17.6 Å². The summed E-state index contributed by atoms with van der Waals surface area (Å²) in [7, 11) is 0. The summed E-state index contributed by atoms with van der Waals surface area (Å²) in [5.41, 5.74) is 5.16. The van der Waals surface area contributed by atoms with Gasteiger partial charge >= 0.3 is 6.18 Å². The second-order valence-corrected chi connectivity index (χ2v) is 4.76. The van der Waals surface area contributed by atoms with Crippen LogP contribution in [0.15, 0.2) is 24.3 Å². The normalized spacial score (nSPS) is 20.0. The molecule has 0 bridgehead atoms. The lowest BCUT2D eigenvalue weighted by molar-refractivity contribution is -0.153. The molecule has 0 saturated heterocycles. The predicted molar refractivity (Wildman–Crippen MR) is 57.7 cm³/mol. The smallest absolute Gasteiger partial charge is 0.395 e. The van der Waals surface area contributed by atoms with Gasteiger partial charge in [0.05, 0.1) is 5.92 Å². The van der Waals surface area contributed by atoms with E-state index in [2.05, 4.69) is 0 Å². The van der Waals surface area contributed by atoms with E-state index in [1.54, 1.807) is 0 Å².